The normalized spacial score (nSPS) is 17.1. The first-order valence-electron chi connectivity index (χ1n) is 8.28. The quantitative estimate of drug-likeness (QED) is 0.775. The minimum atomic E-state index is -0.0844. The fourth-order valence-electron chi connectivity index (χ4n) is 3.16. The lowest BCUT2D eigenvalue weighted by Gasteiger charge is -2.23. The molecular weight excluding hydrogens is 336 g/mol. The number of phenols is 1. The van der Waals surface area contributed by atoms with E-state index in [4.69, 9.17) is 9.72 Å². The van der Waals surface area contributed by atoms with Crippen molar-refractivity contribution in [1.29, 1.82) is 0 Å². The summed E-state index contributed by atoms with van der Waals surface area (Å²) in [5.74, 6) is 0.288. The summed E-state index contributed by atoms with van der Waals surface area (Å²) < 4.78 is 6.64. The molecule has 3 aromatic rings. The number of carbonyl (C=O) groups excluding carboxylic acids is 1. The average Bonchev–Trinajstić information content (AvgIpc) is 3.27. The molecule has 1 saturated heterocycles. The molecular formula is C19H18N2O3S. The molecule has 1 amide bonds. The van der Waals surface area contributed by atoms with Crippen LogP contribution in [-0.2, 0) is 4.79 Å². The van der Waals surface area contributed by atoms with Crippen LogP contribution in [0.1, 0.15) is 23.9 Å². The largest absolute Gasteiger partial charge is 0.504 e. The first kappa shape index (κ1) is 15.9. The van der Waals surface area contributed by atoms with Crippen LogP contribution in [0.15, 0.2) is 48.5 Å². The van der Waals surface area contributed by atoms with E-state index in [-0.39, 0.29) is 24.3 Å². The summed E-state index contributed by atoms with van der Waals surface area (Å²) in [6.07, 6.45) is 1.88. The SMILES string of the molecule is O=C(COc1ccccc1O)N1CCCC1c1nc2ccccc2s1. The highest BCUT2D eigenvalue weighted by Crippen LogP contribution is 2.36. The van der Waals surface area contributed by atoms with Gasteiger partial charge < -0.3 is 14.7 Å². The zero-order chi connectivity index (χ0) is 17.2. The summed E-state index contributed by atoms with van der Waals surface area (Å²) in [6, 6.07) is 14.7. The lowest BCUT2D eigenvalue weighted by Crippen LogP contribution is -2.34. The molecule has 1 N–H and O–H groups in total. The second-order valence-corrected chi connectivity index (χ2v) is 7.08. The molecule has 6 heteroatoms. The number of benzene rings is 2. The fourth-order valence-corrected chi connectivity index (χ4v) is 4.27. The highest BCUT2D eigenvalue weighted by Gasteiger charge is 2.32. The number of ether oxygens (including phenoxy) is 1. The summed E-state index contributed by atoms with van der Waals surface area (Å²) in [6.45, 7) is 0.628. The van der Waals surface area contributed by atoms with Gasteiger partial charge in [0.05, 0.1) is 16.3 Å². The van der Waals surface area contributed by atoms with Crippen LogP contribution >= 0.6 is 11.3 Å². The molecule has 1 fully saturated rings. The maximum atomic E-state index is 12.6. The summed E-state index contributed by atoms with van der Waals surface area (Å²) in [7, 11) is 0. The van der Waals surface area contributed by atoms with Gasteiger partial charge in [-0.2, -0.15) is 0 Å². The van der Waals surface area contributed by atoms with Crippen molar-refractivity contribution in [3.8, 4) is 11.5 Å². The van der Waals surface area contributed by atoms with Crippen molar-refractivity contribution in [2.45, 2.75) is 18.9 Å². The monoisotopic (exact) mass is 354 g/mol. The Bertz CT molecular complexity index is 875. The zero-order valence-electron chi connectivity index (χ0n) is 13.6. The van der Waals surface area contributed by atoms with E-state index in [2.05, 4.69) is 6.07 Å². The van der Waals surface area contributed by atoms with E-state index in [1.54, 1.807) is 35.6 Å². The number of para-hydroxylation sites is 3. The number of hydrogen-bond acceptors (Lipinski definition) is 5. The van der Waals surface area contributed by atoms with Gasteiger partial charge in [-0.1, -0.05) is 24.3 Å². The second kappa shape index (κ2) is 6.72. The van der Waals surface area contributed by atoms with Crippen LogP contribution in [0, 0.1) is 0 Å². The van der Waals surface area contributed by atoms with Gasteiger partial charge in [-0.3, -0.25) is 4.79 Å². The van der Waals surface area contributed by atoms with Crippen molar-refractivity contribution in [3.63, 3.8) is 0 Å². The van der Waals surface area contributed by atoms with Gasteiger partial charge in [0.1, 0.15) is 5.01 Å². The summed E-state index contributed by atoms with van der Waals surface area (Å²) in [5, 5.41) is 10.7. The number of phenolic OH excluding ortho intramolecular Hbond substituents is 1. The third kappa shape index (κ3) is 3.17. The number of carbonyl (C=O) groups is 1. The number of likely N-dealkylation sites (tertiary alicyclic amines) is 1. The minimum absolute atomic E-state index is 0.0119. The number of fused-ring (bicyclic) bond motifs is 1. The number of nitrogens with zero attached hydrogens (tertiary/aromatic N) is 2. The van der Waals surface area contributed by atoms with Crippen molar-refractivity contribution in [2.75, 3.05) is 13.2 Å². The van der Waals surface area contributed by atoms with Gasteiger partial charge >= 0.3 is 0 Å². The molecule has 2 heterocycles. The fraction of sp³-hybridized carbons (Fsp3) is 0.263. The molecule has 1 aromatic heterocycles. The Morgan fingerprint density at radius 3 is 2.88 bits per heavy atom. The third-order valence-corrected chi connectivity index (χ3v) is 5.52. The Morgan fingerprint density at radius 1 is 1.24 bits per heavy atom. The molecule has 0 radical (unpaired) electrons. The van der Waals surface area contributed by atoms with Gasteiger partial charge in [-0.25, -0.2) is 4.98 Å². The molecule has 5 nitrogen and oxygen atoms in total. The Morgan fingerprint density at radius 2 is 2.04 bits per heavy atom. The summed E-state index contributed by atoms with van der Waals surface area (Å²) in [5.41, 5.74) is 0.979. The van der Waals surface area contributed by atoms with E-state index in [9.17, 15) is 9.90 Å². The molecule has 2 aromatic carbocycles. The van der Waals surface area contributed by atoms with E-state index >= 15 is 0 Å². The number of hydrogen-bond donors (Lipinski definition) is 1. The molecule has 4 rings (SSSR count). The highest BCUT2D eigenvalue weighted by molar-refractivity contribution is 7.18. The van der Waals surface area contributed by atoms with Gasteiger partial charge in [0.25, 0.3) is 5.91 Å². The average molecular weight is 354 g/mol. The lowest BCUT2D eigenvalue weighted by atomic mass is 10.2. The van der Waals surface area contributed by atoms with Crippen LogP contribution in [0.25, 0.3) is 10.2 Å². The van der Waals surface area contributed by atoms with Crippen molar-refractivity contribution in [2.24, 2.45) is 0 Å². The first-order chi connectivity index (χ1) is 12.2. The standard InChI is InChI=1S/C19H18N2O3S/c22-15-8-2-3-9-16(15)24-12-18(23)21-11-5-7-14(21)19-20-13-6-1-4-10-17(13)25-19/h1-4,6,8-10,14,22H,5,7,11-12H2. The predicted octanol–water partition coefficient (Wildman–Crippen LogP) is 3.74. The minimum Gasteiger partial charge on any atom is -0.504 e. The van der Waals surface area contributed by atoms with Crippen LogP contribution in [0.2, 0.25) is 0 Å². The van der Waals surface area contributed by atoms with Gasteiger partial charge in [0, 0.05) is 6.54 Å². The topological polar surface area (TPSA) is 62.7 Å². The van der Waals surface area contributed by atoms with Crippen molar-refractivity contribution in [1.82, 2.24) is 9.88 Å². The first-order valence-corrected chi connectivity index (χ1v) is 9.10. The van der Waals surface area contributed by atoms with Crippen molar-refractivity contribution >= 4 is 27.5 Å². The maximum absolute atomic E-state index is 12.6. The second-order valence-electron chi connectivity index (χ2n) is 6.02. The summed E-state index contributed by atoms with van der Waals surface area (Å²) in [4.78, 5) is 19.2. The predicted molar refractivity (Wildman–Crippen MR) is 96.9 cm³/mol. The third-order valence-electron chi connectivity index (χ3n) is 4.39. The number of aromatic hydroxyl groups is 1. The molecule has 1 aliphatic rings. The highest BCUT2D eigenvalue weighted by atomic mass is 32.1. The molecule has 1 unspecified atom stereocenters. The van der Waals surface area contributed by atoms with E-state index in [0.29, 0.717) is 12.3 Å². The van der Waals surface area contributed by atoms with Gasteiger partial charge in [0.2, 0.25) is 0 Å². The van der Waals surface area contributed by atoms with Gasteiger partial charge in [-0.05, 0) is 37.1 Å². The molecule has 0 saturated carbocycles. The molecule has 1 aliphatic heterocycles. The molecule has 25 heavy (non-hydrogen) atoms. The van der Waals surface area contributed by atoms with E-state index in [1.165, 1.54) is 0 Å². The van der Waals surface area contributed by atoms with Crippen molar-refractivity contribution in [3.05, 3.63) is 53.5 Å². The van der Waals surface area contributed by atoms with E-state index in [1.807, 2.05) is 23.1 Å². The Hall–Kier alpha value is -2.60. The van der Waals surface area contributed by atoms with Crippen LogP contribution in [0.4, 0.5) is 0 Å². The zero-order valence-corrected chi connectivity index (χ0v) is 14.4. The molecule has 0 bridgehead atoms. The van der Waals surface area contributed by atoms with Crippen molar-refractivity contribution < 1.29 is 14.6 Å². The van der Waals surface area contributed by atoms with Crippen LogP contribution in [0.3, 0.4) is 0 Å². The van der Waals surface area contributed by atoms with Gasteiger partial charge in [-0.15, -0.1) is 11.3 Å². The Balaban J connectivity index is 1.49. The van der Waals surface area contributed by atoms with E-state index in [0.717, 1.165) is 28.1 Å². The number of amides is 1. The summed E-state index contributed by atoms with van der Waals surface area (Å²) >= 11 is 1.65. The number of aromatic nitrogens is 1. The van der Waals surface area contributed by atoms with Crippen LogP contribution in [0.5, 0.6) is 11.5 Å². The Labute approximate surface area is 149 Å². The molecule has 0 spiro atoms. The number of rotatable bonds is 4. The van der Waals surface area contributed by atoms with Crippen LogP contribution < -0.4 is 4.74 Å². The van der Waals surface area contributed by atoms with Gasteiger partial charge in [0.15, 0.2) is 18.1 Å². The Kier molecular flexibility index (Phi) is 4.28. The lowest BCUT2D eigenvalue weighted by molar-refractivity contribution is -0.134. The molecule has 1 atom stereocenters. The van der Waals surface area contributed by atoms with E-state index < -0.39 is 0 Å². The number of thiazole rings is 1. The smallest absolute Gasteiger partial charge is 0.261 e. The maximum Gasteiger partial charge on any atom is 0.261 e. The molecule has 0 aliphatic carbocycles. The van der Waals surface area contributed by atoms with Crippen LogP contribution in [-0.4, -0.2) is 34.0 Å². The molecule has 128 valence electrons.